The van der Waals surface area contributed by atoms with Crippen LogP contribution in [-0.2, 0) is 0 Å². The van der Waals surface area contributed by atoms with Crippen LogP contribution in [0.25, 0.3) is 0 Å². The molecule has 0 amide bonds. The second-order valence-electron chi connectivity index (χ2n) is 3.73. The van der Waals surface area contributed by atoms with E-state index in [1.165, 1.54) is 12.1 Å². The Hall–Kier alpha value is -2.13. The molecule has 0 radical (unpaired) electrons. The Morgan fingerprint density at radius 1 is 1.44 bits per heavy atom. The molecule has 18 heavy (non-hydrogen) atoms. The first kappa shape index (κ1) is 13.9. The fraction of sp³-hybridized carbons (Fsp3) is 0.417. The summed E-state index contributed by atoms with van der Waals surface area (Å²) in [4.78, 5) is 10.2. The van der Waals surface area contributed by atoms with Gasteiger partial charge in [0.2, 0.25) is 0 Å². The number of nitrogens with zero attached hydrogens (tertiary/aromatic N) is 2. The fourth-order valence-electron chi connectivity index (χ4n) is 1.51. The second kappa shape index (κ2) is 7.25. The van der Waals surface area contributed by atoms with Crippen LogP contribution in [0.5, 0.6) is 0 Å². The van der Waals surface area contributed by atoms with Crippen molar-refractivity contribution in [1.82, 2.24) is 5.32 Å². The van der Waals surface area contributed by atoms with E-state index in [1.54, 1.807) is 6.07 Å². The second-order valence-corrected chi connectivity index (χ2v) is 3.73. The molecule has 0 aliphatic heterocycles. The van der Waals surface area contributed by atoms with E-state index < -0.39 is 4.92 Å². The fourth-order valence-corrected chi connectivity index (χ4v) is 1.51. The maximum Gasteiger partial charge on any atom is 0.289 e. The molecule has 0 aliphatic carbocycles. The van der Waals surface area contributed by atoms with Gasteiger partial charge in [-0.3, -0.25) is 10.1 Å². The summed E-state index contributed by atoms with van der Waals surface area (Å²) in [5, 5.41) is 25.8. The zero-order chi connectivity index (χ0) is 13.4. The molecule has 0 unspecified atom stereocenters. The maximum atomic E-state index is 10.8. The quantitative estimate of drug-likeness (QED) is 0.436. The molecule has 1 rings (SSSR count). The van der Waals surface area contributed by atoms with Gasteiger partial charge in [-0.25, -0.2) is 0 Å². The van der Waals surface area contributed by atoms with Crippen molar-refractivity contribution in [2.45, 2.75) is 13.3 Å². The third-order valence-corrected chi connectivity index (χ3v) is 2.42. The standard InChI is InChI=1S/C12H16N4O2/c1-2-14-6-3-7-15-11-5-4-10(9-13)12(8-11)16(17)18/h4-5,8,14-15H,2-3,6-7H2,1H3. The van der Waals surface area contributed by atoms with Gasteiger partial charge in [-0.1, -0.05) is 6.92 Å². The zero-order valence-corrected chi connectivity index (χ0v) is 10.3. The normalized spacial score (nSPS) is 9.78. The Bertz CT molecular complexity index is 454. The molecule has 2 N–H and O–H groups in total. The van der Waals surface area contributed by atoms with Crippen LogP contribution in [0, 0.1) is 21.4 Å². The molecule has 0 spiro atoms. The highest BCUT2D eigenvalue weighted by molar-refractivity contribution is 5.59. The number of hydrogen-bond acceptors (Lipinski definition) is 5. The van der Waals surface area contributed by atoms with E-state index in [0.717, 1.165) is 26.1 Å². The van der Waals surface area contributed by atoms with Crippen molar-refractivity contribution in [3.8, 4) is 6.07 Å². The van der Waals surface area contributed by atoms with Crippen LogP contribution in [0.4, 0.5) is 11.4 Å². The van der Waals surface area contributed by atoms with Crippen LogP contribution >= 0.6 is 0 Å². The lowest BCUT2D eigenvalue weighted by atomic mass is 10.2. The summed E-state index contributed by atoms with van der Waals surface area (Å²) in [5.74, 6) is 0. The van der Waals surface area contributed by atoms with E-state index in [1.807, 2.05) is 13.0 Å². The Morgan fingerprint density at radius 2 is 2.22 bits per heavy atom. The number of nitriles is 1. The zero-order valence-electron chi connectivity index (χ0n) is 10.3. The molecular weight excluding hydrogens is 232 g/mol. The molecule has 0 atom stereocenters. The first-order chi connectivity index (χ1) is 8.69. The van der Waals surface area contributed by atoms with Gasteiger partial charge in [0.15, 0.2) is 0 Å². The number of nitro benzene ring substituents is 1. The maximum absolute atomic E-state index is 10.8. The summed E-state index contributed by atoms with van der Waals surface area (Å²) in [6, 6.07) is 6.35. The summed E-state index contributed by atoms with van der Waals surface area (Å²) in [6.45, 7) is 4.61. The highest BCUT2D eigenvalue weighted by atomic mass is 16.6. The van der Waals surface area contributed by atoms with Gasteiger partial charge >= 0.3 is 0 Å². The molecule has 6 heteroatoms. The van der Waals surface area contributed by atoms with E-state index in [9.17, 15) is 10.1 Å². The molecule has 6 nitrogen and oxygen atoms in total. The van der Waals surface area contributed by atoms with Crippen molar-refractivity contribution in [2.75, 3.05) is 25.0 Å². The van der Waals surface area contributed by atoms with Gasteiger partial charge in [-0.15, -0.1) is 0 Å². The van der Waals surface area contributed by atoms with Crippen molar-refractivity contribution in [3.05, 3.63) is 33.9 Å². The molecule has 0 heterocycles. The van der Waals surface area contributed by atoms with E-state index in [4.69, 9.17) is 5.26 Å². The Balaban J connectivity index is 2.60. The SMILES string of the molecule is CCNCCCNc1ccc(C#N)c([N+](=O)[O-])c1. The first-order valence-corrected chi connectivity index (χ1v) is 5.82. The van der Waals surface area contributed by atoms with Gasteiger partial charge in [0, 0.05) is 18.3 Å². The lowest BCUT2D eigenvalue weighted by Crippen LogP contribution is -2.17. The molecular formula is C12H16N4O2. The average Bonchev–Trinajstić information content (AvgIpc) is 2.38. The predicted molar refractivity (Wildman–Crippen MR) is 69.5 cm³/mol. The molecule has 0 aliphatic rings. The summed E-state index contributed by atoms with van der Waals surface area (Å²) in [5.41, 5.74) is 0.588. The third kappa shape index (κ3) is 4.03. The molecule has 96 valence electrons. The van der Waals surface area contributed by atoms with E-state index >= 15 is 0 Å². The van der Waals surface area contributed by atoms with Crippen molar-refractivity contribution in [3.63, 3.8) is 0 Å². The molecule has 1 aromatic carbocycles. The van der Waals surface area contributed by atoms with Crippen molar-refractivity contribution in [2.24, 2.45) is 0 Å². The average molecular weight is 248 g/mol. The smallest absolute Gasteiger partial charge is 0.289 e. The van der Waals surface area contributed by atoms with E-state index in [2.05, 4.69) is 10.6 Å². The minimum atomic E-state index is -0.539. The van der Waals surface area contributed by atoms with Gasteiger partial charge in [0.1, 0.15) is 11.6 Å². The minimum absolute atomic E-state index is 0.0817. The molecule has 0 fully saturated rings. The lowest BCUT2D eigenvalue weighted by Gasteiger charge is -2.06. The van der Waals surface area contributed by atoms with Gasteiger partial charge in [0.25, 0.3) is 5.69 Å². The van der Waals surface area contributed by atoms with E-state index in [-0.39, 0.29) is 11.3 Å². The third-order valence-electron chi connectivity index (χ3n) is 2.42. The monoisotopic (exact) mass is 248 g/mol. The first-order valence-electron chi connectivity index (χ1n) is 5.82. The van der Waals surface area contributed by atoms with Crippen molar-refractivity contribution >= 4 is 11.4 Å². The molecule has 0 bridgehead atoms. The summed E-state index contributed by atoms with van der Waals surface area (Å²) >= 11 is 0. The number of anilines is 1. The summed E-state index contributed by atoms with van der Waals surface area (Å²) < 4.78 is 0. The number of nitrogens with one attached hydrogen (secondary N) is 2. The highest BCUT2D eigenvalue weighted by Crippen LogP contribution is 2.22. The van der Waals surface area contributed by atoms with Crippen LogP contribution in [0.1, 0.15) is 18.9 Å². The Morgan fingerprint density at radius 3 is 2.83 bits per heavy atom. The van der Waals surface area contributed by atoms with Gasteiger partial charge in [-0.2, -0.15) is 5.26 Å². The van der Waals surface area contributed by atoms with Gasteiger partial charge in [-0.05, 0) is 31.6 Å². The Labute approximate surface area is 106 Å². The predicted octanol–water partition coefficient (Wildman–Crippen LogP) is 1.88. The van der Waals surface area contributed by atoms with Gasteiger partial charge < -0.3 is 10.6 Å². The molecule has 0 saturated heterocycles. The number of nitro groups is 1. The minimum Gasteiger partial charge on any atom is -0.385 e. The van der Waals surface area contributed by atoms with Crippen LogP contribution in [0.3, 0.4) is 0 Å². The van der Waals surface area contributed by atoms with Crippen LogP contribution in [0.15, 0.2) is 18.2 Å². The molecule has 0 saturated carbocycles. The van der Waals surface area contributed by atoms with Gasteiger partial charge in [0.05, 0.1) is 4.92 Å². The van der Waals surface area contributed by atoms with Crippen LogP contribution in [-0.4, -0.2) is 24.6 Å². The van der Waals surface area contributed by atoms with Crippen LogP contribution < -0.4 is 10.6 Å². The van der Waals surface area contributed by atoms with Crippen molar-refractivity contribution < 1.29 is 4.92 Å². The number of hydrogen-bond donors (Lipinski definition) is 2. The Kier molecular flexibility index (Phi) is 5.61. The largest absolute Gasteiger partial charge is 0.385 e. The van der Waals surface area contributed by atoms with Crippen LogP contribution in [0.2, 0.25) is 0 Å². The summed E-state index contributed by atoms with van der Waals surface area (Å²) in [6.07, 6.45) is 0.932. The van der Waals surface area contributed by atoms with E-state index in [0.29, 0.717) is 5.69 Å². The molecule has 0 aromatic heterocycles. The van der Waals surface area contributed by atoms with Crippen molar-refractivity contribution in [1.29, 1.82) is 5.26 Å². The number of benzene rings is 1. The lowest BCUT2D eigenvalue weighted by molar-refractivity contribution is -0.385. The topological polar surface area (TPSA) is 91.0 Å². The number of rotatable bonds is 7. The molecule has 1 aromatic rings. The highest BCUT2D eigenvalue weighted by Gasteiger charge is 2.13. The summed E-state index contributed by atoms with van der Waals surface area (Å²) in [7, 11) is 0.